The third-order valence-corrected chi connectivity index (χ3v) is 6.75. The number of fused-ring (bicyclic) bond motifs is 1. The molecule has 1 amide bonds. The molecule has 1 N–H and O–H groups in total. The summed E-state index contributed by atoms with van der Waals surface area (Å²) in [5.74, 6) is -0.212. The Kier molecular flexibility index (Phi) is 6.78. The number of rotatable bonds is 7. The molecule has 154 valence electrons. The molecular formula is C19H19Cl2N3O3S2. The summed E-state index contributed by atoms with van der Waals surface area (Å²) in [4.78, 5) is 17.1. The molecular weight excluding hydrogens is 453 g/mol. The second kappa shape index (κ2) is 8.95. The molecule has 1 heterocycles. The number of hydrogen-bond acceptors (Lipinski definition) is 5. The van der Waals surface area contributed by atoms with Gasteiger partial charge >= 0.3 is 0 Å². The summed E-state index contributed by atoms with van der Waals surface area (Å²) in [6.07, 6.45) is 2.02. The molecule has 0 saturated heterocycles. The lowest BCUT2D eigenvalue weighted by molar-refractivity contribution is -0.113. The van der Waals surface area contributed by atoms with Crippen LogP contribution in [0.15, 0.2) is 46.5 Å². The van der Waals surface area contributed by atoms with Gasteiger partial charge in [-0.25, -0.2) is 13.4 Å². The third-order valence-electron chi connectivity index (χ3n) is 4.09. The highest BCUT2D eigenvalue weighted by Gasteiger charge is 2.15. The molecule has 0 unspecified atom stereocenters. The zero-order chi connectivity index (χ0) is 21.2. The lowest BCUT2D eigenvalue weighted by atomic mass is 10.3. The quantitative estimate of drug-likeness (QED) is 0.496. The van der Waals surface area contributed by atoms with Crippen molar-refractivity contribution in [2.24, 2.45) is 0 Å². The Hall–Kier alpha value is -1.74. The summed E-state index contributed by atoms with van der Waals surface area (Å²) < 4.78 is 25.5. The van der Waals surface area contributed by atoms with Crippen molar-refractivity contribution in [1.29, 1.82) is 0 Å². The van der Waals surface area contributed by atoms with Gasteiger partial charge in [-0.1, -0.05) is 41.9 Å². The van der Waals surface area contributed by atoms with Crippen LogP contribution >= 0.6 is 35.0 Å². The Morgan fingerprint density at radius 2 is 1.97 bits per heavy atom. The van der Waals surface area contributed by atoms with Crippen LogP contribution in [0, 0.1) is 0 Å². The van der Waals surface area contributed by atoms with E-state index in [0.29, 0.717) is 5.02 Å². The molecule has 2 aromatic carbocycles. The van der Waals surface area contributed by atoms with Crippen LogP contribution in [-0.4, -0.2) is 35.9 Å². The number of aromatic nitrogens is 2. The van der Waals surface area contributed by atoms with E-state index in [1.165, 1.54) is 30.0 Å². The van der Waals surface area contributed by atoms with Crippen molar-refractivity contribution in [2.45, 2.75) is 29.9 Å². The van der Waals surface area contributed by atoms with Crippen molar-refractivity contribution < 1.29 is 13.2 Å². The van der Waals surface area contributed by atoms with E-state index in [1.807, 2.05) is 12.1 Å². The number of sulfone groups is 1. The third kappa shape index (κ3) is 5.25. The summed E-state index contributed by atoms with van der Waals surface area (Å²) >= 11 is 13.5. The Morgan fingerprint density at radius 3 is 2.66 bits per heavy atom. The Labute approximate surface area is 183 Å². The van der Waals surface area contributed by atoms with Crippen molar-refractivity contribution in [3.05, 3.63) is 46.4 Å². The Balaban J connectivity index is 1.77. The van der Waals surface area contributed by atoms with Gasteiger partial charge in [0.05, 0.1) is 32.4 Å². The van der Waals surface area contributed by atoms with E-state index >= 15 is 0 Å². The van der Waals surface area contributed by atoms with Crippen LogP contribution in [0.3, 0.4) is 0 Å². The van der Waals surface area contributed by atoms with E-state index < -0.39 is 9.84 Å². The first kappa shape index (κ1) is 22.0. The molecule has 0 bridgehead atoms. The lowest BCUT2D eigenvalue weighted by Crippen LogP contribution is -2.15. The first-order valence-corrected chi connectivity index (χ1v) is 12.4. The molecule has 1 aromatic heterocycles. The number of nitrogens with zero attached hydrogens (tertiary/aromatic N) is 2. The van der Waals surface area contributed by atoms with Crippen LogP contribution < -0.4 is 5.32 Å². The molecule has 0 saturated carbocycles. The molecule has 3 aromatic rings. The predicted molar refractivity (Wildman–Crippen MR) is 119 cm³/mol. The second-order valence-corrected chi connectivity index (χ2v) is 10.2. The van der Waals surface area contributed by atoms with E-state index in [0.717, 1.165) is 35.4 Å². The fourth-order valence-electron chi connectivity index (χ4n) is 2.78. The highest BCUT2D eigenvalue weighted by molar-refractivity contribution is 7.99. The average molecular weight is 472 g/mol. The molecule has 6 nitrogen and oxygen atoms in total. The van der Waals surface area contributed by atoms with Gasteiger partial charge in [0.1, 0.15) is 0 Å². The molecule has 10 heteroatoms. The fraction of sp³-hybridized carbons (Fsp3) is 0.263. The van der Waals surface area contributed by atoms with Crippen LogP contribution in [0.2, 0.25) is 10.0 Å². The minimum atomic E-state index is -3.40. The monoisotopic (exact) mass is 471 g/mol. The zero-order valence-electron chi connectivity index (χ0n) is 15.8. The first-order chi connectivity index (χ1) is 13.7. The van der Waals surface area contributed by atoms with Crippen molar-refractivity contribution >= 4 is 67.4 Å². The maximum absolute atomic E-state index is 12.4. The zero-order valence-corrected chi connectivity index (χ0v) is 18.9. The van der Waals surface area contributed by atoms with Crippen molar-refractivity contribution in [3.63, 3.8) is 0 Å². The number of carbonyl (C=O) groups is 1. The van der Waals surface area contributed by atoms with Crippen molar-refractivity contribution in [3.8, 4) is 0 Å². The van der Waals surface area contributed by atoms with Gasteiger partial charge in [0.15, 0.2) is 15.0 Å². The molecule has 0 aliphatic heterocycles. The SMILES string of the molecule is CCCn1c(SCC(=O)Nc2cc(S(C)(=O)=O)ccc2Cl)nc2cc(Cl)ccc21. The topological polar surface area (TPSA) is 81.1 Å². The molecule has 0 spiro atoms. The van der Waals surface area contributed by atoms with Crippen LogP contribution in [0.4, 0.5) is 5.69 Å². The standard InChI is InChI=1S/C19H19Cl2N3O3S2/c1-3-8-24-17-7-4-12(20)9-16(17)23-19(24)28-11-18(25)22-15-10-13(29(2,26)27)5-6-14(15)21/h4-7,9-10H,3,8,11H2,1-2H3,(H,22,25). The number of thioether (sulfide) groups is 1. The molecule has 0 aliphatic rings. The summed E-state index contributed by atoms with van der Waals surface area (Å²) in [5, 5.41) is 4.26. The molecule has 0 radical (unpaired) electrons. The normalized spacial score (nSPS) is 11.7. The van der Waals surface area contributed by atoms with Crippen molar-refractivity contribution in [1.82, 2.24) is 9.55 Å². The fourth-order valence-corrected chi connectivity index (χ4v) is 4.60. The highest BCUT2D eigenvalue weighted by atomic mass is 35.5. The van der Waals surface area contributed by atoms with Crippen LogP contribution in [0.25, 0.3) is 11.0 Å². The number of aryl methyl sites for hydroxylation is 1. The smallest absolute Gasteiger partial charge is 0.234 e. The molecule has 29 heavy (non-hydrogen) atoms. The maximum Gasteiger partial charge on any atom is 0.234 e. The summed E-state index contributed by atoms with van der Waals surface area (Å²) in [7, 11) is -3.40. The van der Waals surface area contributed by atoms with Gasteiger partial charge in [0.25, 0.3) is 0 Å². The van der Waals surface area contributed by atoms with Gasteiger partial charge in [-0.3, -0.25) is 4.79 Å². The van der Waals surface area contributed by atoms with Crippen LogP contribution in [0.1, 0.15) is 13.3 Å². The number of amides is 1. The minimum absolute atomic E-state index is 0.0893. The summed E-state index contributed by atoms with van der Waals surface area (Å²) in [5.41, 5.74) is 2.00. The number of anilines is 1. The number of hydrogen-bond donors (Lipinski definition) is 1. The highest BCUT2D eigenvalue weighted by Crippen LogP contribution is 2.28. The summed E-state index contributed by atoms with van der Waals surface area (Å²) in [6.45, 7) is 2.84. The van der Waals surface area contributed by atoms with E-state index in [-0.39, 0.29) is 27.3 Å². The van der Waals surface area contributed by atoms with E-state index in [4.69, 9.17) is 23.2 Å². The Bertz CT molecular complexity index is 1180. The van der Waals surface area contributed by atoms with Gasteiger partial charge < -0.3 is 9.88 Å². The summed E-state index contributed by atoms with van der Waals surface area (Å²) in [6, 6.07) is 9.74. The number of imidazole rings is 1. The number of nitrogens with one attached hydrogen (secondary N) is 1. The lowest BCUT2D eigenvalue weighted by Gasteiger charge is -2.10. The predicted octanol–water partition coefficient (Wildman–Crippen LogP) is 4.89. The van der Waals surface area contributed by atoms with Gasteiger partial charge in [0.2, 0.25) is 5.91 Å². The van der Waals surface area contributed by atoms with Gasteiger partial charge in [-0.2, -0.15) is 0 Å². The number of halogens is 2. The largest absolute Gasteiger partial charge is 0.324 e. The van der Waals surface area contributed by atoms with Gasteiger partial charge in [-0.05, 0) is 42.8 Å². The molecule has 3 rings (SSSR count). The van der Waals surface area contributed by atoms with Crippen LogP contribution in [-0.2, 0) is 21.2 Å². The average Bonchev–Trinajstić information content (AvgIpc) is 2.98. The molecule has 0 fully saturated rings. The number of benzene rings is 2. The number of carbonyl (C=O) groups excluding carboxylic acids is 1. The van der Waals surface area contributed by atoms with Crippen molar-refractivity contribution in [2.75, 3.05) is 17.3 Å². The van der Waals surface area contributed by atoms with E-state index in [9.17, 15) is 13.2 Å². The minimum Gasteiger partial charge on any atom is -0.324 e. The van der Waals surface area contributed by atoms with E-state index in [1.54, 1.807) is 6.07 Å². The molecule has 0 aliphatic carbocycles. The van der Waals surface area contributed by atoms with Gasteiger partial charge in [-0.15, -0.1) is 0 Å². The van der Waals surface area contributed by atoms with Crippen LogP contribution in [0.5, 0.6) is 0 Å². The Morgan fingerprint density at radius 1 is 1.21 bits per heavy atom. The van der Waals surface area contributed by atoms with Gasteiger partial charge in [0, 0.05) is 17.8 Å². The molecule has 0 atom stereocenters. The second-order valence-electron chi connectivity index (χ2n) is 6.43. The maximum atomic E-state index is 12.4. The van der Waals surface area contributed by atoms with E-state index in [2.05, 4.69) is 21.8 Å². The first-order valence-electron chi connectivity index (χ1n) is 8.77.